The first-order valence-corrected chi connectivity index (χ1v) is 6.60. The number of rotatable bonds is 5. The van der Waals surface area contributed by atoms with Gasteiger partial charge in [-0.25, -0.2) is 4.79 Å². The van der Waals surface area contributed by atoms with Crippen LogP contribution in [0.25, 0.3) is 0 Å². The number of amides is 2. The minimum Gasteiger partial charge on any atom is -0.334 e. The summed E-state index contributed by atoms with van der Waals surface area (Å²) >= 11 is 5.95. The van der Waals surface area contributed by atoms with Gasteiger partial charge in [-0.2, -0.15) is 5.26 Å². The van der Waals surface area contributed by atoms with Gasteiger partial charge >= 0.3 is 6.03 Å². The predicted molar refractivity (Wildman–Crippen MR) is 77.9 cm³/mol. The van der Waals surface area contributed by atoms with E-state index in [1.165, 1.54) is 13.0 Å². The second kappa shape index (κ2) is 7.51. The number of carbonyl (C=O) groups is 2. The number of anilines is 1. The molecule has 0 aliphatic rings. The molecule has 20 heavy (non-hydrogen) atoms. The smallest absolute Gasteiger partial charge is 0.319 e. The number of hydrogen-bond donors (Lipinski definition) is 2. The zero-order chi connectivity index (χ0) is 15.1. The first kappa shape index (κ1) is 16.0. The molecule has 0 aromatic heterocycles. The van der Waals surface area contributed by atoms with Crippen molar-refractivity contribution >= 4 is 29.1 Å². The zero-order valence-electron chi connectivity index (χ0n) is 11.4. The van der Waals surface area contributed by atoms with Crippen LogP contribution in [-0.4, -0.2) is 17.9 Å². The molecule has 0 aliphatic heterocycles. The van der Waals surface area contributed by atoms with Crippen LogP contribution in [-0.2, 0) is 0 Å². The summed E-state index contributed by atoms with van der Waals surface area (Å²) in [4.78, 5) is 23.0. The van der Waals surface area contributed by atoms with Gasteiger partial charge in [0.15, 0.2) is 5.78 Å². The number of benzene rings is 1. The lowest BCUT2D eigenvalue weighted by Gasteiger charge is -2.14. The Bertz CT molecular complexity index is 552. The molecule has 0 fully saturated rings. The van der Waals surface area contributed by atoms with E-state index < -0.39 is 6.03 Å². The van der Waals surface area contributed by atoms with Gasteiger partial charge in [0.1, 0.15) is 0 Å². The third-order valence-electron chi connectivity index (χ3n) is 2.77. The van der Waals surface area contributed by atoms with Gasteiger partial charge < -0.3 is 10.6 Å². The van der Waals surface area contributed by atoms with Crippen molar-refractivity contribution < 1.29 is 9.59 Å². The molecule has 0 unspecified atom stereocenters. The summed E-state index contributed by atoms with van der Waals surface area (Å²) in [5, 5.41) is 14.2. The number of hydrogen-bond acceptors (Lipinski definition) is 3. The Hall–Kier alpha value is -2.06. The van der Waals surface area contributed by atoms with Gasteiger partial charge in [-0.05, 0) is 31.5 Å². The molecule has 5 nitrogen and oxygen atoms in total. The lowest BCUT2D eigenvalue weighted by atomic mass is 10.1. The Morgan fingerprint density at radius 2 is 2.15 bits per heavy atom. The number of nitrogens with zero attached hydrogens (tertiary/aromatic N) is 1. The average molecular weight is 294 g/mol. The summed E-state index contributed by atoms with van der Waals surface area (Å²) in [5.41, 5.74) is 0.901. The molecule has 6 heteroatoms. The summed E-state index contributed by atoms with van der Waals surface area (Å²) in [6.07, 6.45) is 0.930. The van der Waals surface area contributed by atoms with Crippen LogP contribution in [0, 0.1) is 11.3 Å². The summed E-state index contributed by atoms with van der Waals surface area (Å²) in [6, 6.07) is 6.11. The normalized spacial score (nSPS) is 11.3. The molecule has 1 rings (SSSR count). The third-order valence-corrected chi connectivity index (χ3v) is 3.08. The molecule has 0 spiro atoms. The molecule has 1 aromatic carbocycles. The molecule has 1 aromatic rings. The molecule has 106 valence electrons. The molecule has 0 aliphatic carbocycles. The molecule has 2 amide bonds. The van der Waals surface area contributed by atoms with E-state index >= 15 is 0 Å². The fourth-order valence-corrected chi connectivity index (χ4v) is 1.95. The van der Waals surface area contributed by atoms with Crippen molar-refractivity contribution in [3.8, 4) is 6.07 Å². The van der Waals surface area contributed by atoms with Gasteiger partial charge in [-0.1, -0.05) is 18.5 Å². The number of Topliss-reactive ketones (excluding diaryl/α,β-unsaturated/α-hetero) is 1. The minimum absolute atomic E-state index is 0.133. The van der Waals surface area contributed by atoms with Gasteiger partial charge in [-0.3, -0.25) is 4.79 Å². The molecular weight excluding hydrogens is 278 g/mol. The van der Waals surface area contributed by atoms with E-state index in [-0.39, 0.29) is 18.2 Å². The van der Waals surface area contributed by atoms with E-state index in [0.29, 0.717) is 22.7 Å². The van der Waals surface area contributed by atoms with Crippen molar-refractivity contribution in [1.82, 2.24) is 5.32 Å². The summed E-state index contributed by atoms with van der Waals surface area (Å²) in [6.45, 7) is 3.32. The van der Waals surface area contributed by atoms with Crippen LogP contribution < -0.4 is 10.6 Å². The van der Waals surface area contributed by atoms with Crippen LogP contribution in [0.15, 0.2) is 18.2 Å². The van der Waals surface area contributed by atoms with Crippen molar-refractivity contribution in [2.75, 3.05) is 5.32 Å². The Balaban J connectivity index is 2.69. The van der Waals surface area contributed by atoms with Crippen molar-refractivity contribution in [2.45, 2.75) is 32.7 Å². The number of halogens is 1. The lowest BCUT2D eigenvalue weighted by Crippen LogP contribution is -2.37. The topological polar surface area (TPSA) is 82.0 Å². The van der Waals surface area contributed by atoms with E-state index in [1.807, 2.05) is 13.0 Å². The van der Waals surface area contributed by atoms with Crippen LogP contribution >= 0.6 is 11.6 Å². The largest absolute Gasteiger partial charge is 0.334 e. The van der Waals surface area contributed by atoms with Gasteiger partial charge in [0, 0.05) is 17.3 Å². The first-order valence-electron chi connectivity index (χ1n) is 6.22. The van der Waals surface area contributed by atoms with Gasteiger partial charge in [0.05, 0.1) is 17.5 Å². The molecule has 2 N–H and O–H groups in total. The van der Waals surface area contributed by atoms with Gasteiger partial charge in [0.2, 0.25) is 0 Å². The van der Waals surface area contributed by atoms with Crippen molar-refractivity contribution in [3.63, 3.8) is 0 Å². The maximum Gasteiger partial charge on any atom is 0.319 e. The average Bonchev–Trinajstić information content (AvgIpc) is 2.37. The van der Waals surface area contributed by atoms with Crippen molar-refractivity contribution in [1.29, 1.82) is 5.26 Å². The second-order valence-corrected chi connectivity index (χ2v) is 4.72. The standard InChI is InChI=1S/C14H16ClN3O2/c1-3-10(6-7-16)17-14(20)18-11-4-5-12(9(2)19)13(15)8-11/h4-5,8,10H,3,6H2,1-2H3,(H2,17,18,20)/t10-/m1/s1. The Morgan fingerprint density at radius 1 is 1.45 bits per heavy atom. The van der Waals surface area contributed by atoms with Crippen molar-refractivity contribution in [2.24, 2.45) is 0 Å². The number of carbonyl (C=O) groups excluding carboxylic acids is 2. The van der Waals surface area contributed by atoms with E-state index in [4.69, 9.17) is 16.9 Å². The van der Waals surface area contributed by atoms with Gasteiger partial charge in [-0.15, -0.1) is 0 Å². The monoisotopic (exact) mass is 293 g/mol. The first-order chi connectivity index (χ1) is 9.47. The predicted octanol–water partition coefficient (Wildman–Crippen LogP) is 3.36. The highest BCUT2D eigenvalue weighted by atomic mass is 35.5. The highest BCUT2D eigenvalue weighted by Gasteiger charge is 2.11. The minimum atomic E-state index is -0.404. The Kier molecular flexibility index (Phi) is 6.01. The van der Waals surface area contributed by atoms with E-state index in [1.54, 1.807) is 12.1 Å². The lowest BCUT2D eigenvalue weighted by molar-refractivity contribution is 0.101. The zero-order valence-corrected chi connectivity index (χ0v) is 12.1. The van der Waals surface area contributed by atoms with E-state index in [0.717, 1.165) is 0 Å². The van der Waals surface area contributed by atoms with E-state index in [2.05, 4.69) is 10.6 Å². The highest BCUT2D eigenvalue weighted by Crippen LogP contribution is 2.21. The number of ketones is 1. The fraction of sp³-hybridized carbons (Fsp3) is 0.357. The van der Waals surface area contributed by atoms with Crippen LogP contribution in [0.1, 0.15) is 37.0 Å². The molecular formula is C14H16ClN3O2. The maximum absolute atomic E-state index is 11.7. The van der Waals surface area contributed by atoms with Crippen LogP contribution in [0.5, 0.6) is 0 Å². The maximum atomic E-state index is 11.7. The number of nitriles is 1. The molecule has 0 saturated carbocycles. The van der Waals surface area contributed by atoms with E-state index in [9.17, 15) is 9.59 Å². The van der Waals surface area contributed by atoms with Crippen LogP contribution in [0.3, 0.4) is 0 Å². The fourth-order valence-electron chi connectivity index (χ4n) is 1.64. The Labute approximate surface area is 122 Å². The van der Waals surface area contributed by atoms with Gasteiger partial charge in [0.25, 0.3) is 0 Å². The summed E-state index contributed by atoms with van der Waals surface area (Å²) in [7, 11) is 0. The third kappa shape index (κ3) is 4.56. The molecule has 0 bridgehead atoms. The van der Waals surface area contributed by atoms with Crippen molar-refractivity contribution in [3.05, 3.63) is 28.8 Å². The number of urea groups is 1. The second-order valence-electron chi connectivity index (χ2n) is 4.32. The SMILES string of the molecule is CC[C@H](CC#N)NC(=O)Nc1ccc(C(C)=O)c(Cl)c1. The molecule has 1 atom stereocenters. The number of nitrogens with one attached hydrogen (secondary N) is 2. The molecule has 0 radical (unpaired) electrons. The molecule has 0 heterocycles. The highest BCUT2D eigenvalue weighted by molar-refractivity contribution is 6.34. The summed E-state index contributed by atoms with van der Waals surface area (Å²) in [5.74, 6) is -0.133. The Morgan fingerprint density at radius 3 is 2.65 bits per heavy atom. The molecule has 0 saturated heterocycles. The van der Waals surface area contributed by atoms with Crippen LogP contribution in [0.2, 0.25) is 5.02 Å². The quantitative estimate of drug-likeness (QED) is 0.817. The summed E-state index contributed by atoms with van der Waals surface area (Å²) < 4.78 is 0. The van der Waals surface area contributed by atoms with Crippen LogP contribution in [0.4, 0.5) is 10.5 Å².